The zero-order valence-electron chi connectivity index (χ0n) is 6.94. The third-order valence-corrected chi connectivity index (χ3v) is 1.56. The van der Waals surface area contributed by atoms with E-state index in [-0.39, 0.29) is 5.97 Å². The van der Waals surface area contributed by atoms with Crippen molar-refractivity contribution in [1.82, 2.24) is 15.4 Å². The predicted molar refractivity (Wildman–Crippen MR) is 45.2 cm³/mol. The lowest BCUT2D eigenvalue weighted by atomic mass is 10.3. The van der Waals surface area contributed by atoms with Crippen LogP contribution in [-0.4, -0.2) is 21.4 Å². The second-order valence-corrected chi connectivity index (χ2v) is 2.54. The number of benzene rings is 1. The average molecular weight is 177 g/mol. The van der Waals surface area contributed by atoms with Gasteiger partial charge in [-0.3, -0.25) is 4.79 Å². The summed E-state index contributed by atoms with van der Waals surface area (Å²) < 4.78 is 4.92. The van der Waals surface area contributed by atoms with E-state index in [9.17, 15) is 4.79 Å². The van der Waals surface area contributed by atoms with Crippen molar-refractivity contribution in [3.63, 3.8) is 0 Å². The van der Waals surface area contributed by atoms with E-state index >= 15 is 0 Å². The van der Waals surface area contributed by atoms with Crippen LogP contribution in [0.3, 0.4) is 0 Å². The van der Waals surface area contributed by atoms with Crippen LogP contribution in [-0.2, 0) is 4.79 Å². The molecule has 0 saturated carbocycles. The Bertz CT molecular complexity index is 449. The van der Waals surface area contributed by atoms with Crippen LogP contribution in [0.4, 0.5) is 0 Å². The van der Waals surface area contributed by atoms with Gasteiger partial charge in [-0.25, -0.2) is 0 Å². The Morgan fingerprint density at radius 1 is 1.46 bits per heavy atom. The summed E-state index contributed by atoms with van der Waals surface area (Å²) in [5.74, 6) is 0.0641. The van der Waals surface area contributed by atoms with Crippen molar-refractivity contribution in [1.29, 1.82) is 0 Å². The van der Waals surface area contributed by atoms with Crippen LogP contribution in [0.1, 0.15) is 6.92 Å². The van der Waals surface area contributed by atoms with Crippen LogP contribution < -0.4 is 4.74 Å². The molecule has 1 aromatic carbocycles. The number of H-pyrrole nitrogens is 1. The van der Waals surface area contributed by atoms with E-state index in [1.165, 1.54) is 6.92 Å². The molecule has 5 nitrogen and oxygen atoms in total. The van der Waals surface area contributed by atoms with Gasteiger partial charge in [0.1, 0.15) is 5.52 Å². The highest BCUT2D eigenvalue weighted by atomic mass is 16.5. The Labute approximate surface area is 73.7 Å². The Morgan fingerprint density at radius 3 is 3.08 bits per heavy atom. The monoisotopic (exact) mass is 177 g/mol. The normalized spacial score (nSPS) is 10.2. The number of nitrogens with zero attached hydrogens (tertiary/aromatic N) is 2. The molecule has 0 radical (unpaired) electrons. The lowest BCUT2D eigenvalue weighted by Gasteiger charge is -1.99. The van der Waals surface area contributed by atoms with Gasteiger partial charge in [-0.2, -0.15) is 15.4 Å². The molecule has 0 fully saturated rings. The van der Waals surface area contributed by atoms with Crippen LogP contribution in [0.5, 0.6) is 5.75 Å². The summed E-state index contributed by atoms with van der Waals surface area (Å²) in [6, 6.07) is 5.21. The molecular formula is C8H7N3O2. The number of carbonyl (C=O) groups is 1. The first kappa shape index (κ1) is 7.72. The molecular weight excluding hydrogens is 170 g/mol. The van der Waals surface area contributed by atoms with E-state index in [4.69, 9.17) is 4.74 Å². The fourth-order valence-electron chi connectivity index (χ4n) is 1.08. The minimum atomic E-state index is -0.365. The maximum atomic E-state index is 10.7. The van der Waals surface area contributed by atoms with Crippen molar-refractivity contribution < 1.29 is 9.53 Å². The summed E-state index contributed by atoms with van der Waals surface area (Å²) in [7, 11) is 0. The van der Waals surface area contributed by atoms with Gasteiger partial charge in [0.25, 0.3) is 0 Å². The van der Waals surface area contributed by atoms with Crippen molar-refractivity contribution in [3.8, 4) is 5.75 Å². The number of aromatic amines is 1. The molecule has 13 heavy (non-hydrogen) atoms. The van der Waals surface area contributed by atoms with E-state index in [0.29, 0.717) is 16.8 Å². The van der Waals surface area contributed by atoms with E-state index < -0.39 is 0 Å². The first-order valence-corrected chi connectivity index (χ1v) is 3.75. The highest BCUT2D eigenvalue weighted by Crippen LogP contribution is 2.20. The number of aromatic nitrogens is 3. The van der Waals surface area contributed by atoms with E-state index in [0.717, 1.165) is 0 Å². The van der Waals surface area contributed by atoms with Crippen LogP contribution in [0.2, 0.25) is 0 Å². The lowest BCUT2D eigenvalue weighted by Crippen LogP contribution is -2.01. The molecule has 0 atom stereocenters. The smallest absolute Gasteiger partial charge is 0.308 e. The Balaban J connectivity index is 2.54. The largest absolute Gasteiger partial charge is 0.424 e. The molecule has 0 bridgehead atoms. The van der Waals surface area contributed by atoms with Crippen LogP contribution in [0.25, 0.3) is 11.0 Å². The predicted octanol–water partition coefficient (Wildman–Crippen LogP) is 0.883. The zero-order chi connectivity index (χ0) is 9.26. The molecule has 0 amide bonds. The van der Waals surface area contributed by atoms with Gasteiger partial charge < -0.3 is 4.74 Å². The fourth-order valence-corrected chi connectivity index (χ4v) is 1.08. The van der Waals surface area contributed by atoms with Crippen LogP contribution >= 0.6 is 0 Å². The molecule has 0 spiro atoms. The van der Waals surface area contributed by atoms with Crippen LogP contribution in [0.15, 0.2) is 18.2 Å². The fraction of sp³-hybridized carbons (Fsp3) is 0.125. The number of para-hydroxylation sites is 1. The second kappa shape index (κ2) is 2.85. The van der Waals surface area contributed by atoms with Gasteiger partial charge >= 0.3 is 5.97 Å². The standard InChI is InChI=1S/C8H7N3O2/c1-5(12)13-7-4-2-3-6-8(7)10-11-9-6/h2-4H,1H3,(H,9,10,11). The topological polar surface area (TPSA) is 67.9 Å². The summed E-state index contributed by atoms with van der Waals surface area (Å²) in [6.45, 7) is 1.35. The maximum Gasteiger partial charge on any atom is 0.308 e. The molecule has 66 valence electrons. The first-order chi connectivity index (χ1) is 6.27. The van der Waals surface area contributed by atoms with Crippen LogP contribution in [0, 0.1) is 0 Å². The molecule has 2 aromatic rings. The third kappa shape index (κ3) is 1.35. The van der Waals surface area contributed by atoms with Gasteiger partial charge in [0.05, 0.1) is 0 Å². The van der Waals surface area contributed by atoms with E-state index in [1.54, 1.807) is 18.2 Å². The second-order valence-electron chi connectivity index (χ2n) is 2.54. The number of esters is 1. The molecule has 0 aliphatic rings. The minimum absolute atomic E-state index is 0.365. The van der Waals surface area contributed by atoms with Gasteiger partial charge in [0, 0.05) is 6.92 Å². The number of fused-ring (bicyclic) bond motifs is 1. The highest BCUT2D eigenvalue weighted by Gasteiger charge is 2.06. The van der Waals surface area contributed by atoms with Gasteiger partial charge in [0.15, 0.2) is 11.3 Å². The number of rotatable bonds is 1. The Kier molecular flexibility index (Phi) is 1.70. The molecule has 0 aliphatic heterocycles. The van der Waals surface area contributed by atoms with Crippen molar-refractivity contribution in [2.24, 2.45) is 0 Å². The number of hydrogen-bond donors (Lipinski definition) is 1. The summed E-state index contributed by atoms with van der Waals surface area (Å²) >= 11 is 0. The van der Waals surface area contributed by atoms with Gasteiger partial charge in [0.2, 0.25) is 0 Å². The van der Waals surface area contributed by atoms with E-state index in [1.807, 2.05) is 0 Å². The summed E-state index contributed by atoms with van der Waals surface area (Å²) in [6.07, 6.45) is 0. The Morgan fingerprint density at radius 2 is 2.31 bits per heavy atom. The molecule has 0 unspecified atom stereocenters. The lowest BCUT2D eigenvalue weighted by molar-refractivity contribution is -0.131. The van der Waals surface area contributed by atoms with Gasteiger partial charge in [-0.1, -0.05) is 6.07 Å². The van der Waals surface area contributed by atoms with Crippen molar-refractivity contribution in [3.05, 3.63) is 18.2 Å². The van der Waals surface area contributed by atoms with Crippen molar-refractivity contribution >= 4 is 17.0 Å². The molecule has 5 heteroatoms. The number of ether oxygens (including phenoxy) is 1. The number of nitrogens with one attached hydrogen (secondary N) is 1. The summed E-state index contributed by atoms with van der Waals surface area (Å²) in [5.41, 5.74) is 1.25. The quantitative estimate of drug-likeness (QED) is 0.518. The molecule has 1 N–H and O–H groups in total. The maximum absolute atomic E-state index is 10.7. The Hall–Kier alpha value is -1.91. The van der Waals surface area contributed by atoms with Gasteiger partial charge in [-0.15, -0.1) is 0 Å². The zero-order valence-corrected chi connectivity index (χ0v) is 6.94. The molecule has 0 aliphatic carbocycles. The summed E-state index contributed by atoms with van der Waals surface area (Å²) in [5, 5.41) is 10.2. The molecule has 1 aromatic heterocycles. The number of hydrogen-bond acceptors (Lipinski definition) is 4. The summed E-state index contributed by atoms with van der Waals surface area (Å²) in [4.78, 5) is 10.7. The number of carbonyl (C=O) groups excluding carboxylic acids is 1. The van der Waals surface area contributed by atoms with Gasteiger partial charge in [-0.05, 0) is 12.1 Å². The average Bonchev–Trinajstić information content (AvgIpc) is 2.51. The first-order valence-electron chi connectivity index (χ1n) is 3.75. The van der Waals surface area contributed by atoms with Crippen molar-refractivity contribution in [2.75, 3.05) is 0 Å². The minimum Gasteiger partial charge on any atom is -0.424 e. The van der Waals surface area contributed by atoms with E-state index in [2.05, 4.69) is 15.4 Å². The SMILES string of the molecule is CC(=O)Oc1cccc2n[nH]nc12. The highest BCUT2D eigenvalue weighted by molar-refractivity contribution is 5.83. The van der Waals surface area contributed by atoms with Crippen molar-refractivity contribution in [2.45, 2.75) is 6.92 Å². The molecule has 1 heterocycles. The molecule has 0 saturated heterocycles. The third-order valence-electron chi connectivity index (χ3n) is 1.56. The molecule has 2 rings (SSSR count).